The number of phenolic OH excluding ortho intramolecular Hbond substituents is 1. The van der Waals surface area contributed by atoms with Gasteiger partial charge in [-0.25, -0.2) is 0 Å². The number of hydrogen-bond donors (Lipinski definition) is 6. The van der Waals surface area contributed by atoms with E-state index in [-0.39, 0.29) is 36.3 Å². The lowest BCUT2D eigenvalue weighted by atomic mass is 9.58. The molecule has 0 fully saturated rings. The summed E-state index contributed by atoms with van der Waals surface area (Å²) < 4.78 is 5.37. The quantitative estimate of drug-likeness (QED) is 0.295. The topological polar surface area (TPSA) is 197 Å². The molecule has 0 aromatic heterocycles. The van der Waals surface area contributed by atoms with E-state index in [0.717, 1.165) is 11.1 Å². The fraction of sp³-hybridized carbons (Fsp3) is 0.345. The summed E-state index contributed by atoms with van der Waals surface area (Å²) in [5.41, 5.74) is 10.2. The van der Waals surface area contributed by atoms with Gasteiger partial charge in [-0.15, -0.1) is 0 Å². The lowest BCUT2D eigenvalue weighted by molar-refractivity contribution is -0.148. The minimum Gasteiger partial charge on any atom is -0.510 e. The Balaban J connectivity index is 1.71. The number of likely N-dealkylation sites (N-methyl/N-ethyl adjacent to an activating group) is 1. The number of rotatable bonds is 5. The first-order valence-electron chi connectivity index (χ1n) is 12.7. The second-order valence-corrected chi connectivity index (χ2v) is 10.7. The highest BCUT2D eigenvalue weighted by molar-refractivity contribution is 6.24. The average Bonchev–Trinajstić information content (AvgIpc) is 2.90. The molecule has 0 radical (unpaired) electrons. The van der Waals surface area contributed by atoms with Crippen molar-refractivity contribution >= 4 is 17.5 Å². The van der Waals surface area contributed by atoms with Gasteiger partial charge in [0.05, 0.1) is 18.7 Å². The summed E-state index contributed by atoms with van der Waals surface area (Å²) in [5.74, 6) is -6.25. The van der Waals surface area contributed by atoms with Crippen LogP contribution in [0, 0.1) is 11.8 Å². The number of carbonyl (C=O) groups excluding carboxylic acids is 3. The van der Waals surface area contributed by atoms with Crippen molar-refractivity contribution in [2.75, 3.05) is 21.2 Å². The highest BCUT2D eigenvalue weighted by atomic mass is 16.5. The minimum atomic E-state index is -2.68. The number of aliphatic hydroxyl groups is 3. The van der Waals surface area contributed by atoms with Crippen molar-refractivity contribution in [1.29, 1.82) is 0 Å². The van der Waals surface area contributed by atoms with Crippen LogP contribution in [0.2, 0.25) is 0 Å². The number of nitrogens with zero attached hydrogens (tertiary/aromatic N) is 1. The van der Waals surface area contributed by atoms with Crippen LogP contribution in [0.4, 0.5) is 0 Å². The van der Waals surface area contributed by atoms with Gasteiger partial charge in [-0.1, -0.05) is 12.1 Å². The SMILES string of the molecule is COc1ccc(-c2ccc(O)c3c2C[C@@H]2C[C@@H]4[C@@H](N(C)C)C(O)=C(C(N)=O)C(=O)[C@@]4(O)C(O)=C2C3=O)cc1CN. The molecule has 11 nitrogen and oxygen atoms in total. The Morgan fingerprint density at radius 1 is 1.15 bits per heavy atom. The lowest BCUT2D eigenvalue weighted by Gasteiger charge is -2.50. The summed E-state index contributed by atoms with van der Waals surface area (Å²) in [5, 5.41) is 44.8. The van der Waals surface area contributed by atoms with E-state index in [1.807, 2.05) is 12.1 Å². The number of Topliss-reactive ketones (excluding diaryl/α,β-unsaturated/α-hetero) is 2. The normalized spacial score (nSPS) is 26.0. The molecule has 3 aliphatic rings. The number of allylic oxidation sites excluding steroid dienone is 1. The van der Waals surface area contributed by atoms with Crippen LogP contribution < -0.4 is 16.2 Å². The number of hydrogen-bond acceptors (Lipinski definition) is 10. The third-order valence-corrected chi connectivity index (χ3v) is 8.42. The molecule has 2 aromatic carbocycles. The fourth-order valence-corrected chi connectivity index (χ4v) is 6.63. The summed E-state index contributed by atoms with van der Waals surface area (Å²) in [6, 6.07) is 7.43. The molecule has 11 heteroatoms. The van der Waals surface area contributed by atoms with Crippen LogP contribution in [0.15, 0.2) is 53.0 Å². The molecule has 2 aromatic rings. The van der Waals surface area contributed by atoms with E-state index in [9.17, 15) is 34.8 Å². The van der Waals surface area contributed by atoms with Gasteiger partial charge in [0.15, 0.2) is 11.4 Å². The Labute approximate surface area is 230 Å². The summed E-state index contributed by atoms with van der Waals surface area (Å²) in [4.78, 5) is 40.9. The fourth-order valence-electron chi connectivity index (χ4n) is 6.63. The van der Waals surface area contributed by atoms with E-state index in [0.29, 0.717) is 16.9 Å². The van der Waals surface area contributed by atoms with Crippen LogP contribution in [-0.2, 0) is 22.6 Å². The molecule has 0 heterocycles. The number of fused-ring (bicyclic) bond motifs is 3. The van der Waals surface area contributed by atoms with E-state index in [4.69, 9.17) is 16.2 Å². The Morgan fingerprint density at radius 2 is 1.85 bits per heavy atom. The Hall–Kier alpha value is -4.19. The standard InChI is InChI=1S/C29H31N3O8/c1-32(2)23-17-10-13-9-16-15(12-4-7-19(40-3)14(8-12)11-30)5-6-18(33)21(16)24(34)20(13)26(36)29(17,39)27(37)22(25(23)35)28(31)38/h4-8,13,17,23,33,35-36,39H,9-11,30H2,1-3H3,(H2,31,38)/t13-,17-,23-,29+/m1/s1. The Bertz CT molecular complexity index is 1540. The van der Waals surface area contributed by atoms with Crippen molar-refractivity contribution in [2.45, 2.75) is 31.0 Å². The van der Waals surface area contributed by atoms with Crippen molar-refractivity contribution in [2.24, 2.45) is 23.3 Å². The van der Waals surface area contributed by atoms with Gasteiger partial charge in [-0.3, -0.25) is 19.3 Å². The van der Waals surface area contributed by atoms with Crippen LogP contribution in [0.3, 0.4) is 0 Å². The van der Waals surface area contributed by atoms with Gasteiger partial charge in [-0.2, -0.15) is 0 Å². The number of ketones is 2. The second-order valence-electron chi connectivity index (χ2n) is 10.7. The van der Waals surface area contributed by atoms with E-state index >= 15 is 0 Å². The highest BCUT2D eigenvalue weighted by Gasteiger charge is 2.63. The van der Waals surface area contributed by atoms with Crippen LogP contribution in [-0.4, -0.2) is 75.6 Å². The van der Waals surface area contributed by atoms with E-state index < -0.39 is 58.0 Å². The van der Waals surface area contributed by atoms with Crippen LogP contribution in [0.25, 0.3) is 11.1 Å². The number of benzene rings is 2. The number of phenols is 1. The van der Waals surface area contributed by atoms with Crippen molar-refractivity contribution in [3.63, 3.8) is 0 Å². The first-order chi connectivity index (χ1) is 18.9. The molecular formula is C29H31N3O8. The second kappa shape index (κ2) is 9.47. The minimum absolute atomic E-state index is 0.0114. The number of ether oxygens (including phenoxy) is 1. The van der Waals surface area contributed by atoms with Gasteiger partial charge >= 0.3 is 0 Å². The molecule has 210 valence electrons. The molecule has 5 rings (SSSR count). The third-order valence-electron chi connectivity index (χ3n) is 8.42. The number of carbonyl (C=O) groups is 3. The van der Waals surface area contributed by atoms with Crippen molar-refractivity contribution in [1.82, 2.24) is 4.90 Å². The van der Waals surface area contributed by atoms with E-state index in [1.165, 1.54) is 18.1 Å². The van der Waals surface area contributed by atoms with Gasteiger partial charge in [0.25, 0.3) is 5.91 Å². The Morgan fingerprint density at radius 3 is 2.45 bits per heavy atom. The first kappa shape index (κ1) is 27.4. The predicted molar refractivity (Wildman–Crippen MR) is 144 cm³/mol. The Kier molecular flexibility index (Phi) is 6.48. The number of amides is 1. The van der Waals surface area contributed by atoms with Gasteiger partial charge in [0, 0.05) is 23.6 Å². The van der Waals surface area contributed by atoms with Gasteiger partial charge in [0.2, 0.25) is 5.78 Å². The van der Waals surface area contributed by atoms with Crippen molar-refractivity contribution in [3.05, 3.63) is 69.7 Å². The van der Waals surface area contributed by atoms with Gasteiger partial charge in [-0.05, 0) is 67.7 Å². The molecule has 1 amide bonds. The third kappa shape index (κ3) is 3.65. The summed E-state index contributed by atoms with van der Waals surface area (Å²) in [7, 11) is 4.71. The lowest BCUT2D eigenvalue weighted by Crippen LogP contribution is -2.63. The molecule has 8 N–H and O–H groups in total. The molecule has 4 atom stereocenters. The predicted octanol–water partition coefficient (Wildman–Crippen LogP) is 1.25. The van der Waals surface area contributed by atoms with Gasteiger partial charge in [0.1, 0.15) is 28.6 Å². The van der Waals surface area contributed by atoms with Crippen molar-refractivity contribution < 1.29 is 39.5 Å². The zero-order valence-electron chi connectivity index (χ0n) is 22.3. The largest absolute Gasteiger partial charge is 0.510 e. The number of aliphatic hydroxyl groups excluding tert-OH is 2. The first-order valence-corrected chi connectivity index (χ1v) is 12.7. The maximum Gasteiger partial charge on any atom is 0.255 e. The van der Waals surface area contributed by atoms with E-state index in [1.54, 1.807) is 26.2 Å². The molecule has 0 saturated carbocycles. The number of primary amides is 1. The molecule has 0 bridgehead atoms. The monoisotopic (exact) mass is 549 g/mol. The number of nitrogens with two attached hydrogens (primary N) is 2. The van der Waals surface area contributed by atoms with Crippen LogP contribution >= 0.6 is 0 Å². The number of methoxy groups -OCH3 is 1. The molecular weight excluding hydrogens is 518 g/mol. The summed E-state index contributed by atoms with van der Waals surface area (Å²) >= 11 is 0. The molecule has 0 unspecified atom stereocenters. The average molecular weight is 550 g/mol. The zero-order valence-corrected chi connectivity index (χ0v) is 22.3. The van der Waals surface area contributed by atoms with Gasteiger partial charge < -0.3 is 36.6 Å². The highest BCUT2D eigenvalue weighted by Crippen LogP contribution is 2.53. The number of aromatic hydroxyl groups is 1. The molecule has 3 aliphatic carbocycles. The zero-order chi connectivity index (χ0) is 29.3. The van der Waals surface area contributed by atoms with Crippen LogP contribution in [0.5, 0.6) is 11.5 Å². The molecule has 0 aliphatic heterocycles. The summed E-state index contributed by atoms with van der Waals surface area (Å²) in [6.45, 7) is 0.212. The molecule has 40 heavy (non-hydrogen) atoms. The molecule has 0 saturated heterocycles. The smallest absolute Gasteiger partial charge is 0.255 e. The summed E-state index contributed by atoms with van der Waals surface area (Å²) in [6.07, 6.45) is 0.194. The van der Waals surface area contributed by atoms with Crippen LogP contribution in [0.1, 0.15) is 27.9 Å². The van der Waals surface area contributed by atoms with Crippen molar-refractivity contribution in [3.8, 4) is 22.6 Å². The maximum absolute atomic E-state index is 13.9. The molecule has 0 spiro atoms. The maximum atomic E-state index is 13.9. The van der Waals surface area contributed by atoms with E-state index in [2.05, 4.69) is 0 Å².